The summed E-state index contributed by atoms with van der Waals surface area (Å²) in [5.74, 6) is 1.27. The Morgan fingerprint density at radius 3 is 2.64 bits per heavy atom. The molecule has 2 unspecified atom stereocenters. The average Bonchev–Trinajstić information content (AvgIpc) is 2.90. The molecule has 2 rings (SSSR count). The fourth-order valence-electron chi connectivity index (χ4n) is 2.66. The van der Waals surface area contributed by atoms with Gasteiger partial charge in [-0.05, 0) is 38.1 Å². The van der Waals surface area contributed by atoms with Gasteiger partial charge in [-0.3, -0.25) is 4.90 Å². The van der Waals surface area contributed by atoms with Gasteiger partial charge < -0.3 is 0 Å². The predicted octanol–water partition coefficient (Wildman–Crippen LogP) is 2.41. The van der Waals surface area contributed by atoms with Gasteiger partial charge in [-0.25, -0.2) is 0 Å². The van der Waals surface area contributed by atoms with Crippen molar-refractivity contribution in [3.05, 3.63) is 0 Å². The highest BCUT2D eigenvalue weighted by molar-refractivity contribution is 4.98. The van der Waals surface area contributed by atoms with E-state index >= 15 is 0 Å². The summed E-state index contributed by atoms with van der Waals surface area (Å²) in [5, 5.41) is 9.05. The maximum absolute atomic E-state index is 9.05. The van der Waals surface area contributed by atoms with Crippen LogP contribution >= 0.6 is 0 Å². The molecule has 0 heterocycles. The first kappa shape index (κ1) is 9.98. The highest BCUT2D eigenvalue weighted by atomic mass is 15.2. The fourth-order valence-corrected chi connectivity index (χ4v) is 2.66. The summed E-state index contributed by atoms with van der Waals surface area (Å²) in [6.45, 7) is 4.60. The van der Waals surface area contributed by atoms with Crippen LogP contribution in [0.25, 0.3) is 0 Å². The highest BCUT2D eigenvalue weighted by Crippen LogP contribution is 2.34. The van der Waals surface area contributed by atoms with E-state index in [1.54, 1.807) is 0 Å². The third-order valence-electron chi connectivity index (χ3n) is 3.71. The van der Waals surface area contributed by atoms with Crippen LogP contribution in [-0.2, 0) is 0 Å². The van der Waals surface area contributed by atoms with Gasteiger partial charge in [-0.2, -0.15) is 5.26 Å². The van der Waals surface area contributed by atoms with Crippen molar-refractivity contribution < 1.29 is 0 Å². The molecule has 0 amide bonds. The second kappa shape index (κ2) is 4.31. The summed E-state index contributed by atoms with van der Waals surface area (Å²) in [6, 6.07) is 3.06. The molecule has 0 spiro atoms. The van der Waals surface area contributed by atoms with Gasteiger partial charge >= 0.3 is 0 Å². The molecule has 0 aromatic rings. The Morgan fingerprint density at radius 2 is 2.07 bits per heavy atom. The van der Waals surface area contributed by atoms with Gasteiger partial charge in [0.25, 0.3) is 0 Å². The van der Waals surface area contributed by atoms with Gasteiger partial charge in [0, 0.05) is 12.6 Å². The Balaban J connectivity index is 1.92. The van der Waals surface area contributed by atoms with E-state index in [9.17, 15) is 0 Å². The zero-order chi connectivity index (χ0) is 9.97. The molecule has 0 N–H and O–H groups in total. The van der Waals surface area contributed by atoms with E-state index < -0.39 is 0 Å². The molecule has 0 aromatic heterocycles. The molecule has 0 saturated heterocycles. The van der Waals surface area contributed by atoms with Crippen LogP contribution in [-0.4, -0.2) is 24.0 Å². The molecule has 2 saturated carbocycles. The van der Waals surface area contributed by atoms with Crippen LogP contribution in [0.15, 0.2) is 0 Å². The molecule has 14 heavy (non-hydrogen) atoms. The van der Waals surface area contributed by atoms with E-state index in [0.29, 0.717) is 12.0 Å². The topological polar surface area (TPSA) is 27.0 Å². The number of nitriles is 1. The van der Waals surface area contributed by atoms with Crippen LogP contribution in [0.4, 0.5) is 0 Å². The van der Waals surface area contributed by atoms with Crippen molar-refractivity contribution in [3.8, 4) is 6.07 Å². The van der Waals surface area contributed by atoms with Crippen LogP contribution < -0.4 is 0 Å². The Kier molecular flexibility index (Phi) is 3.08. The third-order valence-corrected chi connectivity index (χ3v) is 3.71. The minimum absolute atomic E-state index is 0.314. The molecule has 0 aliphatic heterocycles. The van der Waals surface area contributed by atoms with Crippen molar-refractivity contribution in [3.63, 3.8) is 0 Å². The number of rotatable bonds is 4. The summed E-state index contributed by atoms with van der Waals surface area (Å²) in [4.78, 5) is 2.55. The normalized spacial score (nSPS) is 32.1. The van der Waals surface area contributed by atoms with Crippen LogP contribution in [0.5, 0.6) is 0 Å². The van der Waals surface area contributed by atoms with Gasteiger partial charge in [-0.1, -0.05) is 13.3 Å². The second-order valence-electron chi connectivity index (χ2n) is 4.76. The summed E-state index contributed by atoms with van der Waals surface area (Å²) in [7, 11) is 0. The molecule has 0 bridgehead atoms. The Hall–Kier alpha value is -0.550. The summed E-state index contributed by atoms with van der Waals surface area (Å²) >= 11 is 0. The van der Waals surface area contributed by atoms with Crippen LogP contribution in [0.2, 0.25) is 0 Å². The lowest BCUT2D eigenvalue weighted by Crippen LogP contribution is -2.38. The smallest absolute Gasteiger partial charge is 0.0672 e. The standard InChI is InChI=1S/C12H20N2/c1-2-14(9-10-6-7-10)12-5-3-4-11(12)8-13/h10-12H,2-7,9H2,1H3. The SMILES string of the molecule is CCN(CC1CC1)C1CCCC1C#N. The Labute approximate surface area is 86.9 Å². The Morgan fingerprint density at radius 1 is 1.29 bits per heavy atom. The second-order valence-corrected chi connectivity index (χ2v) is 4.76. The van der Waals surface area contributed by atoms with E-state index in [4.69, 9.17) is 5.26 Å². The van der Waals surface area contributed by atoms with Gasteiger partial charge in [0.15, 0.2) is 0 Å². The number of hydrogen-bond acceptors (Lipinski definition) is 2. The predicted molar refractivity (Wildman–Crippen MR) is 56.7 cm³/mol. The molecular formula is C12H20N2. The van der Waals surface area contributed by atoms with Crippen molar-refractivity contribution in [1.82, 2.24) is 4.90 Å². The molecule has 0 aromatic carbocycles. The first-order chi connectivity index (χ1) is 6.85. The van der Waals surface area contributed by atoms with Crippen molar-refractivity contribution >= 4 is 0 Å². The quantitative estimate of drug-likeness (QED) is 0.684. The molecule has 2 aliphatic rings. The maximum atomic E-state index is 9.05. The average molecular weight is 192 g/mol. The molecule has 2 heteroatoms. The van der Waals surface area contributed by atoms with Gasteiger partial charge in [0.2, 0.25) is 0 Å². The number of nitrogens with zero attached hydrogens (tertiary/aromatic N) is 2. The first-order valence-electron chi connectivity index (χ1n) is 5.98. The van der Waals surface area contributed by atoms with Crippen LogP contribution in [0.3, 0.4) is 0 Å². The summed E-state index contributed by atoms with van der Waals surface area (Å²) in [5.41, 5.74) is 0. The van der Waals surface area contributed by atoms with E-state index in [-0.39, 0.29) is 0 Å². The maximum Gasteiger partial charge on any atom is 0.0672 e. The van der Waals surface area contributed by atoms with Crippen molar-refractivity contribution in [2.24, 2.45) is 11.8 Å². The number of hydrogen-bond donors (Lipinski definition) is 0. The van der Waals surface area contributed by atoms with Crippen molar-refractivity contribution in [2.75, 3.05) is 13.1 Å². The zero-order valence-corrected chi connectivity index (χ0v) is 9.08. The minimum atomic E-state index is 0.314. The molecule has 2 fully saturated rings. The first-order valence-corrected chi connectivity index (χ1v) is 5.98. The lowest BCUT2D eigenvalue weighted by molar-refractivity contribution is 0.179. The minimum Gasteiger partial charge on any atom is -0.299 e. The molecule has 2 nitrogen and oxygen atoms in total. The molecule has 2 atom stereocenters. The monoisotopic (exact) mass is 192 g/mol. The lowest BCUT2D eigenvalue weighted by Gasteiger charge is -2.29. The van der Waals surface area contributed by atoms with Crippen molar-refractivity contribution in [1.29, 1.82) is 5.26 Å². The molecular weight excluding hydrogens is 172 g/mol. The van der Waals surface area contributed by atoms with E-state index in [0.717, 1.165) is 18.9 Å². The largest absolute Gasteiger partial charge is 0.299 e. The molecule has 0 radical (unpaired) electrons. The van der Waals surface area contributed by atoms with Gasteiger partial charge in [0.1, 0.15) is 0 Å². The summed E-state index contributed by atoms with van der Waals surface area (Å²) < 4.78 is 0. The Bertz CT molecular complexity index is 227. The zero-order valence-electron chi connectivity index (χ0n) is 9.08. The lowest BCUT2D eigenvalue weighted by atomic mass is 10.0. The van der Waals surface area contributed by atoms with Crippen molar-refractivity contribution in [2.45, 2.75) is 45.1 Å². The van der Waals surface area contributed by atoms with Crippen LogP contribution in [0, 0.1) is 23.2 Å². The van der Waals surface area contributed by atoms with E-state index in [2.05, 4.69) is 17.9 Å². The summed E-state index contributed by atoms with van der Waals surface area (Å²) in [6.07, 6.45) is 6.46. The fraction of sp³-hybridized carbons (Fsp3) is 0.917. The molecule has 78 valence electrons. The van der Waals surface area contributed by atoms with E-state index in [1.165, 1.54) is 32.2 Å². The van der Waals surface area contributed by atoms with Gasteiger partial charge in [0.05, 0.1) is 12.0 Å². The van der Waals surface area contributed by atoms with Crippen LogP contribution in [0.1, 0.15) is 39.0 Å². The highest BCUT2D eigenvalue weighted by Gasteiger charge is 2.34. The van der Waals surface area contributed by atoms with Gasteiger partial charge in [-0.15, -0.1) is 0 Å². The third kappa shape index (κ3) is 2.09. The molecule has 2 aliphatic carbocycles. The van der Waals surface area contributed by atoms with E-state index in [1.807, 2.05) is 0 Å².